The van der Waals surface area contributed by atoms with E-state index in [1.807, 2.05) is 12.1 Å². The van der Waals surface area contributed by atoms with Gasteiger partial charge in [-0.1, -0.05) is 52.8 Å². The Balaban J connectivity index is 3.24. The van der Waals surface area contributed by atoms with E-state index in [9.17, 15) is 8.78 Å². The Morgan fingerprint density at radius 2 is 1.59 bits per heavy atom. The highest BCUT2D eigenvalue weighted by molar-refractivity contribution is 5.37. The first kappa shape index (κ1) is 14.1. The van der Waals surface area contributed by atoms with Crippen molar-refractivity contribution in [2.45, 2.75) is 52.9 Å². The molecule has 1 aromatic carbocycles. The van der Waals surface area contributed by atoms with E-state index < -0.39 is 11.8 Å². The lowest BCUT2D eigenvalue weighted by Gasteiger charge is -2.25. The van der Waals surface area contributed by atoms with Gasteiger partial charge in [0, 0.05) is 11.5 Å². The maximum absolute atomic E-state index is 14.0. The smallest absolute Gasteiger partial charge is 0.201 e. The molecule has 0 aliphatic heterocycles. The monoisotopic (exact) mass is 240 g/mol. The molecule has 0 radical (unpaired) electrons. The number of rotatable bonds is 2. The van der Waals surface area contributed by atoms with Crippen molar-refractivity contribution in [1.29, 1.82) is 0 Å². The van der Waals surface area contributed by atoms with E-state index in [0.29, 0.717) is 5.56 Å². The standard InChI is InChI=1S/C15H22F2/c1-10(2)15(16,17)13-8-7-12(9-11(13)3)14(4,5)6/h7-10H,1-6H3. The molecule has 0 saturated carbocycles. The first-order valence-electron chi connectivity index (χ1n) is 6.06. The van der Waals surface area contributed by atoms with Crippen LogP contribution < -0.4 is 0 Å². The van der Waals surface area contributed by atoms with Gasteiger partial charge in [-0.25, -0.2) is 8.78 Å². The Morgan fingerprint density at radius 1 is 1.06 bits per heavy atom. The predicted molar refractivity (Wildman–Crippen MR) is 68.6 cm³/mol. The molecular weight excluding hydrogens is 218 g/mol. The first-order valence-corrected chi connectivity index (χ1v) is 6.06. The van der Waals surface area contributed by atoms with Crippen LogP contribution in [0, 0.1) is 12.8 Å². The van der Waals surface area contributed by atoms with Crippen LogP contribution in [0.15, 0.2) is 18.2 Å². The molecule has 0 aliphatic rings. The van der Waals surface area contributed by atoms with Crippen LogP contribution in [-0.2, 0) is 11.3 Å². The summed E-state index contributed by atoms with van der Waals surface area (Å²) in [5, 5.41) is 0. The second-order valence-electron chi connectivity index (χ2n) is 6.06. The SMILES string of the molecule is Cc1cc(C(C)(C)C)ccc1C(F)(F)C(C)C. The maximum atomic E-state index is 14.0. The van der Waals surface area contributed by atoms with Crippen molar-refractivity contribution >= 4 is 0 Å². The zero-order valence-electron chi connectivity index (χ0n) is 11.6. The molecule has 0 unspecified atom stereocenters. The molecule has 0 nitrogen and oxygen atoms in total. The van der Waals surface area contributed by atoms with Gasteiger partial charge in [-0.3, -0.25) is 0 Å². The Kier molecular flexibility index (Phi) is 3.66. The third kappa shape index (κ3) is 2.85. The van der Waals surface area contributed by atoms with Gasteiger partial charge in [0.25, 0.3) is 5.92 Å². The summed E-state index contributed by atoms with van der Waals surface area (Å²) in [6.45, 7) is 11.1. The zero-order chi connectivity index (χ0) is 13.4. The van der Waals surface area contributed by atoms with Crippen molar-refractivity contribution in [3.63, 3.8) is 0 Å². The topological polar surface area (TPSA) is 0 Å². The highest BCUT2D eigenvalue weighted by Gasteiger charge is 2.37. The molecule has 0 aromatic heterocycles. The van der Waals surface area contributed by atoms with Crippen molar-refractivity contribution in [2.24, 2.45) is 5.92 Å². The number of alkyl halides is 2. The summed E-state index contributed by atoms with van der Waals surface area (Å²) in [4.78, 5) is 0. The fraction of sp³-hybridized carbons (Fsp3) is 0.600. The van der Waals surface area contributed by atoms with Crippen LogP contribution in [0.3, 0.4) is 0 Å². The summed E-state index contributed by atoms with van der Waals surface area (Å²) >= 11 is 0. The van der Waals surface area contributed by atoms with Gasteiger partial charge in [0.05, 0.1) is 0 Å². The van der Waals surface area contributed by atoms with Crippen molar-refractivity contribution in [3.8, 4) is 0 Å². The lowest BCUT2D eigenvalue weighted by molar-refractivity contribution is -0.0519. The lowest BCUT2D eigenvalue weighted by atomic mass is 9.84. The molecule has 0 fully saturated rings. The highest BCUT2D eigenvalue weighted by atomic mass is 19.3. The molecule has 17 heavy (non-hydrogen) atoms. The minimum Gasteiger partial charge on any atom is -0.201 e. The molecule has 0 atom stereocenters. The van der Waals surface area contributed by atoms with E-state index in [4.69, 9.17) is 0 Å². The third-order valence-electron chi connectivity index (χ3n) is 3.18. The molecule has 0 saturated heterocycles. The average molecular weight is 240 g/mol. The number of hydrogen-bond donors (Lipinski definition) is 0. The van der Waals surface area contributed by atoms with Crippen LogP contribution in [0.25, 0.3) is 0 Å². The normalized spacial score (nSPS) is 13.2. The van der Waals surface area contributed by atoms with E-state index in [1.54, 1.807) is 26.8 Å². The van der Waals surface area contributed by atoms with E-state index in [2.05, 4.69) is 20.8 Å². The van der Waals surface area contributed by atoms with E-state index in [0.717, 1.165) is 5.56 Å². The molecule has 96 valence electrons. The third-order valence-corrected chi connectivity index (χ3v) is 3.18. The number of benzene rings is 1. The largest absolute Gasteiger partial charge is 0.275 e. The fourth-order valence-electron chi connectivity index (χ4n) is 1.82. The fourth-order valence-corrected chi connectivity index (χ4v) is 1.82. The molecule has 2 heteroatoms. The summed E-state index contributed by atoms with van der Waals surface area (Å²) in [7, 11) is 0. The van der Waals surface area contributed by atoms with Crippen molar-refractivity contribution < 1.29 is 8.78 Å². The molecule has 0 heterocycles. The Labute approximate surface area is 103 Å². The van der Waals surface area contributed by atoms with Crippen LogP contribution in [-0.4, -0.2) is 0 Å². The summed E-state index contributed by atoms with van der Waals surface area (Å²) in [6.07, 6.45) is 0. The predicted octanol–water partition coefficient (Wildman–Crippen LogP) is 5.04. The van der Waals surface area contributed by atoms with Crippen LogP contribution in [0.1, 0.15) is 51.3 Å². The van der Waals surface area contributed by atoms with Gasteiger partial charge < -0.3 is 0 Å². The summed E-state index contributed by atoms with van der Waals surface area (Å²) in [5.41, 5.74) is 1.92. The summed E-state index contributed by atoms with van der Waals surface area (Å²) in [5.74, 6) is -3.43. The minimum atomic E-state index is -2.75. The molecular formula is C15H22F2. The van der Waals surface area contributed by atoms with Gasteiger partial charge in [0.2, 0.25) is 0 Å². The second-order valence-corrected chi connectivity index (χ2v) is 6.06. The quantitative estimate of drug-likeness (QED) is 0.679. The molecule has 1 aromatic rings. The van der Waals surface area contributed by atoms with Gasteiger partial charge in [-0.15, -0.1) is 0 Å². The molecule has 0 bridgehead atoms. The van der Waals surface area contributed by atoms with Crippen molar-refractivity contribution in [3.05, 3.63) is 34.9 Å². The van der Waals surface area contributed by atoms with E-state index in [1.165, 1.54) is 0 Å². The Hall–Kier alpha value is -0.920. The van der Waals surface area contributed by atoms with Gasteiger partial charge >= 0.3 is 0 Å². The second kappa shape index (κ2) is 4.40. The van der Waals surface area contributed by atoms with Gasteiger partial charge in [-0.2, -0.15) is 0 Å². The number of halogens is 2. The highest BCUT2D eigenvalue weighted by Crippen LogP contribution is 2.38. The van der Waals surface area contributed by atoms with E-state index >= 15 is 0 Å². The van der Waals surface area contributed by atoms with Crippen LogP contribution in [0.4, 0.5) is 8.78 Å². The maximum Gasteiger partial charge on any atom is 0.275 e. The molecule has 1 rings (SSSR count). The zero-order valence-corrected chi connectivity index (χ0v) is 11.6. The van der Waals surface area contributed by atoms with Gasteiger partial charge in [0.1, 0.15) is 0 Å². The van der Waals surface area contributed by atoms with Gasteiger partial charge in [-0.05, 0) is 23.5 Å². The van der Waals surface area contributed by atoms with Crippen LogP contribution in [0.5, 0.6) is 0 Å². The average Bonchev–Trinajstić information content (AvgIpc) is 2.15. The molecule has 0 amide bonds. The van der Waals surface area contributed by atoms with Crippen LogP contribution >= 0.6 is 0 Å². The Bertz CT molecular complexity index is 398. The van der Waals surface area contributed by atoms with Crippen molar-refractivity contribution in [1.82, 2.24) is 0 Å². The Morgan fingerprint density at radius 3 is 1.94 bits per heavy atom. The lowest BCUT2D eigenvalue weighted by Crippen LogP contribution is -2.23. The molecule has 0 N–H and O–H groups in total. The summed E-state index contributed by atoms with van der Waals surface area (Å²) in [6, 6.07) is 5.28. The summed E-state index contributed by atoms with van der Waals surface area (Å²) < 4.78 is 27.9. The number of aryl methyl sites for hydroxylation is 1. The first-order chi connectivity index (χ1) is 7.56. The van der Waals surface area contributed by atoms with Gasteiger partial charge in [0.15, 0.2) is 0 Å². The molecule has 0 aliphatic carbocycles. The van der Waals surface area contributed by atoms with Crippen molar-refractivity contribution in [2.75, 3.05) is 0 Å². The minimum absolute atomic E-state index is 0.00357. The number of hydrogen-bond acceptors (Lipinski definition) is 0. The van der Waals surface area contributed by atoms with Crippen LogP contribution in [0.2, 0.25) is 0 Å². The van der Waals surface area contributed by atoms with E-state index in [-0.39, 0.29) is 11.0 Å². The molecule has 0 spiro atoms.